The number of piperidine rings is 1. The van der Waals surface area contributed by atoms with Crippen molar-refractivity contribution in [2.75, 3.05) is 37.4 Å². The summed E-state index contributed by atoms with van der Waals surface area (Å²) in [6, 6.07) is 5.82. The van der Waals surface area contributed by atoms with Gasteiger partial charge in [0, 0.05) is 24.8 Å². The van der Waals surface area contributed by atoms with Gasteiger partial charge in [-0.25, -0.2) is 4.79 Å². The zero-order valence-corrected chi connectivity index (χ0v) is 15.0. The predicted octanol–water partition coefficient (Wildman–Crippen LogP) is 2.60. The largest absolute Gasteiger partial charge is 0.495 e. The Bertz CT molecular complexity index is 561. The van der Waals surface area contributed by atoms with Gasteiger partial charge in [-0.15, -0.1) is 0 Å². The molecule has 134 valence electrons. The summed E-state index contributed by atoms with van der Waals surface area (Å²) in [6.07, 6.45) is 1.83. The third-order valence-corrected chi connectivity index (χ3v) is 3.88. The standard InChI is InChI=1S/C18H28N2O4/c1-18(2,3)24-17(21)12-23-14-7-9-20(10-8-14)13-5-6-15(19)16(11-13)22-4/h5-6,11,14H,7-10,12,19H2,1-4H3. The van der Waals surface area contributed by atoms with E-state index >= 15 is 0 Å². The summed E-state index contributed by atoms with van der Waals surface area (Å²) in [5, 5.41) is 0. The summed E-state index contributed by atoms with van der Waals surface area (Å²) < 4.78 is 16.2. The number of nitrogens with two attached hydrogens (primary N) is 1. The molecular weight excluding hydrogens is 308 g/mol. The van der Waals surface area contributed by atoms with E-state index in [1.807, 2.05) is 39.0 Å². The van der Waals surface area contributed by atoms with Crippen LogP contribution in [0.15, 0.2) is 18.2 Å². The van der Waals surface area contributed by atoms with Crippen molar-refractivity contribution in [2.24, 2.45) is 0 Å². The fourth-order valence-corrected chi connectivity index (χ4v) is 2.73. The van der Waals surface area contributed by atoms with Crippen LogP contribution < -0.4 is 15.4 Å². The highest BCUT2D eigenvalue weighted by molar-refractivity contribution is 5.71. The van der Waals surface area contributed by atoms with Crippen LogP contribution in [0.3, 0.4) is 0 Å². The Morgan fingerprint density at radius 3 is 2.54 bits per heavy atom. The summed E-state index contributed by atoms with van der Waals surface area (Å²) >= 11 is 0. The van der Waals surface area contributed by atoms with Crippen LogP contribution in [0.25, 0.3) is 0 Å². The van der Waals surface area contributed by atoms with E-state index in [9.17, 15) is 4.79 Å². The highest BCUT2D eigenvalue weighted by Gasteiger charge is 2.23. The predicted molar refractivity (Wildman–Crippen MR) is 94.4 cm³/mol. The first-order chi connectivity index (χ1) is 11.3. The van der Waals surface area contributed by atoms with E-state index in [1.165, 1.54) is 0 Å². The normalized spacial score (nSPS) is 16.1. The molecule has 0 spiro atoms. The summed E-state index contributed by atoms with van der Waals surface area (Å²) in [4.78, 5) is 14.0. The second kappa shape index (κ2) is 7.75. The quantitative estimate of drug-likeness (QED) is 0.658. The summed E-state index contributed by atoms with van der Waals surface area (Å²) in [6.45, 7) is 7.30. The zero-order chi connectivity index (χ0) is 17.7. The molecule has 2 N–H and O–H groups in total. The zero-order valence-electron chi connectivity index (χ0n) is 15.0. The Hall–Kier alpha value is -1.95. The number of benzene rings is 1. The molecule has 1 saturated heterocycles. The number of esters is 1. The highest BCUT2D eigenvalue weighted by Crippen LogP contribution is 2.29. The second-order valence-electron chi connectivity index (χ2n) is 7.01. The van der Waals surface area contributed by atoms with Gasteiger partial charge in [0.15, 0.2) is 0 Å². The van der Waals surface area contributed by atoms with Crippen molar-refractivity contribution in [2.45, 2.75) is 45.3 Å². The van der Waals surface area contributed by atoms with Crippen molar-refractivity contribution in [1.82, 2.24) is 0 Å². The smallest absolute Gasteiger partial charge is 0.332 e. The molecule has 0 aliphatic carbocycles. The first-order valence-corrected chi connectivity index (χ1v) is 8.30. The molecule has 24 heavy (non-hydrogen) atoms. The topological polar surface area (TPSA) is 74.0 Å². The number of hydrogen-bond acceptors (Lipinski definition) is 6. The van der Waals surface area contributed by atoms with E-state index < -0.39 is 5.60 Å². The molecule has 1 fully saturated rings. The molecule has 6 nitrogen and oxygen atoms in total. The van der Waals surface area contributed by atoms with Crippen LogP contribution in [0.5, 0.6) is 5.75 Å². The Kier molecular flexibility index (Phi) is 5.94. The van der Waals surface area contributed by atoms with Crippen molar-refractivity contribution in [1.29, 1.82) is 0 Å². The maximum atomic E-state index is 11.7. The molecule has 0 radical (unpaired) electrons. The summed E-state index contributed by atoms with van der Waals surface area (Å²) in [7, 11) is 1.62. The summed E-state index contributed by atoms with van der Waals surface area (Å²) in [5.74, 6) is 0.379. The molecular formula is C18H28N2O4. The molecule has 1 heterocycles. The first-order valence-electron chi connectivity index (χ1n) is 8.30. The number of ether oxygens (including phenoxy) is 3. The van der Waals surface area contributed by atoms with E-state index in [4.69, 9.17) is 19.9 Å². The molecule has 1 aromatic carbocycles. The van der Waals surface area contributed by atoms with Crippen LogP contribution in [0.4, 0.5) is 11.4 Å². The second-order valence-corrected chi connectivity index (χ2v) is 7.01. The highest BCUT2D eigenvalue weighted by atomic mass is 16.6. The van der Waals surface area contributed by atoms with Crippen LogP contribution in [-0.4, -0.2) is 44.5 Å². The van der Waals surface area contributed by atoms with Gasteiger partial charge in [-0.1, -0.05) is 0 Å². The molecule has 1 aliphatic heterocycles. The van der Waals surface area contributed by atoms with Crippen molar-refractivity contribution in [3.05, 3.63) is 18.2 Å². The molecule has 1 aliphatic rings. The molecule has 2 rings (SSSR count). The first kappa shape index (κ1) is 18.4. The third-order valence-electron chi connectivity index (χ3n) is 3.88. The van der Waals surface area contributed by atoms with Gasteiger partial charge in [-0.3, -0.25) is 0 Å². The lowest BCUT2D eigenvalue weighted by Crippen LogP contribution is -2.38. The van der Waals surface area contributed by atoms with Gasteiger partial charge in [0.1, 0.15) is 18.0 Å². The molecule has 0 saturated carbocycles. The number of rotatable bonds is 5. The minimum absolute atomic E-state index is 0.0115. The Balaban J connectivity index is 1.80. The van der Waals surface area contributed by atoms with Gasteiger partial charge in [0.25, 0.3) is 0 Å². The van der Waals surface area contributed by atoms with Gasteiger partial charge in [0.2, 0.25) is 0 Å². The number of nitrogens with zero attached hydrogens (tertiary/aromatic N) is 1. The van der Waals surface area contributed by atoms with Crippen molar-refractivity contribution < 1.29 is 19.0 Å². The lowest BCUT2D eigenvalue weighted by molar-refractivity contribution is -0.162. The van der Waals surface area contributed by atoms with E-state index in [0.717, 1.165) is 31.6 Å². The molecule has 1 aromatic rings. The molecule has 0 unspecified atom stereocenters. The minimum atomic E-state index is -0.474. The van der Waals surface area contributed by atoms with Crippen LogP contribution in [0.2, 0.25) is 0 Å². The van der Waals surface area contributed by atoms with Gasteiger partial charge in [-0.05, 0) is 45.7 Å². The maximum absolute atomic E-state index is 11.7. The Morgan fingerprint density at radius 1 is 1.29 bits per heavy atom. The monoisotopic (exact) mass is 336 g/mol. The van der Waals surface area contributed by atoms with Crippen molar-refractivity contribution in [3.63, 3.8) is 0 Å². The Morgan fingerprint density at radius 2 is 1.96 bits per heavy atom. The van der Waals surface area contributed by atoms with E-state index in [-0.39, 0.29) is 18.7 Å². The average molecular weight is 336 g/mol. The van der Waals surface area contributed by atoms with Crippen LogP contribution >= 0.6 is 0 Å². The fraction of sp³-hybridized carbons (Fsp3) is 0.611. The number of methoxy groups -OCH3 is 1. The minimum Gasteiger partial charge on any atom is -0.495 e. The molecule has 0 aromatic heterocycles. The molecule has 0 atom stereocenters. The van der Waals surface area contributed by atoms with Crippen molar-refractivity contribution in [3.8, 4) is 5.75 Å². The number of anilines is 2. The van der Waals surface area contributed by atoms with Gasteiger partial charge in [-0.2, -0.15) is 0 Å². The number of hydrogen-bond donors (Lipinski definition) is 1. The molecule has 0 amide bonds. The van der Waals surface area contributed by atoms with Crippen molar-refractivity contribution >= 4 is 17.3 Å². The lowest BCUT2D eigenvalue weighted by atomic mass is 10.1. The van der Waals surface area contributed by atoms with E-state index in [1.54, 1.807) is 7.11 Å². The lowest BCUT2D eigenvalue weighted by Gasteiger charge is -2.33. The molecule has 6 heteroatoms. The number of carbonyl (C=O) groups excluding carboxylic acids is 1. The van der Waals surface area contributed by atoms with Crippen LogP contribution in [0, 0.1) is 0 Å². The molecule has 0 bridgehead atoms. The van der Waals surface area contributed by atoms with Gasteiger partial charge in [0.05, 0.1) is 18.9 Å². The SMILES string of the molecule is COc1cc(N2CCC(OCC(=O)OC(C)(C)C)CC2)ccc1N. The Labute approximate surface area is 143 Å². The maximum Gasteiger partial charge on any atom is 0.332 e. The number of carbonyl (C=O) groups is 1. The van der Waals surface area contributed by atoms with E-state index in [2.05, 4.69) is 4.90 Å². The average Bonchev–Trinajstić information content (AvgIpc) is 2.52. The fourth-order valence-electron chi connectivity index (χ4n) is 2.73. The van der Waals surface area contributed by atoms with Gasteiger partial charge >= 0.3 is 5.97 Å². The van der Waals surface area contributed by atoms with Crippen LogP contribution in [0.1, 0.15) is 33.6 Å². The van der Waals surface area contributed by atoms with Gasteiger partial charge < -0.3 is 24.8 Å². The third kappa shape index (κ3) is 5.30. The van der Waals surface area contributed by atoms with E-state index in [0.29, 0.717) is 11.4 Å². The number of nitrogen functional groups attached to an aromatic ring is 1. The van der Waals surface area contributed by atoms with Crippen LogP contribution in [-0.2, 0) is 14.3 Å². The summed E-state index contributed by atoms with van der Waals surface area (Å²) in [5.41, 5.74) is 7.11.